The molecular weight excluding hydrogens is 244 g/mol. The number of nitrogens with one attached hydrogen (secondary N) is 2. The maximum Gasteiger partial charge on any atom is 0.314 e. The van der Waals surface area contributed by atoms with Crippen LogP contribution in [0.1, 0.15) is 46.0 Å². The van der Waals surface area contributed by atoms with E-state index >= 15 is 0 Å². The van der Waals surface area contributed by atoms with E-state index in [1.54, 1.807) is 0 Å². The molecule has 0 aliphatic heterocycles. The molecule has 0 saturated carbocycles. The summed E-state index contributed by atoms with van der Waals surface area (Å²) < 4.78 is 0. The fourth-order valence-electron chi connectivity index (χ4n) is 1.54. The van der Waals surface area contributed by atoms with Gasteiger partial charge in [-0.25, -0.2) is 4.79 Å². The Morgan fingerprint density at radius 1 is 1.21 bits per heavy atom. The Labute approximate surface area is 115 Å². The van der Waals surface area contributed by atoms with Crippen LogP contribution in [-0.2, 0) is 4.79 Å². The molecule has 0 aromatic rings. The number of unbranched alkanes of at least 4 members (excludes halogenated alkanes) is 1. The van der Waals surface area contributed by atoms with Gasteiger partial charge in [-0.1, -0.05) is 13.8 Å². The predicted molar refractivity (Wildman–Crippen MR) is 74.7 cm³/mol. The van der Waals surface area contributed by atoms with E-state index in [1.807, 2.05) is 13.8 Å². The summed E-state index contributed by atoms with van der Waals surface area (Å²) in [6.45, 7) is 5.11. The Morgan fingerprint density at radius 2 is 1.84 bits per heavy atom. The predicted octanol–water partition coefficient (Wildman–Crippen LogP) is 1.98. The monoisotopic (exact) mass is 268 g/mol. The zero-order chi connectivity index (χ0) is 14.7. The number of urea groups is 1. The Morgan fingerprint density at radius 3 is 2.42 bits per heavy atom. The Bertz CT molecular complexity index is 332. The van der Waals surface area contributed by atoms with Crippen molar-refractivity contribution in [1.29, 1.82) is 0 Å². The number of carbonyl (C=O) groups excluding carboxylic acids is 1. The van der Waals surface area contributed by atoms with Gasteiger partial charge in [0, 0.05) is 25.9 Å². The molecule has 19 heavy (non-hydrogen) atoms. The molecule has 0 bridgehead atoms. The summed E-state index contributed by atoms with van der Waals surface area (Å²) >= 11 is 0. The van der Waals surface area contributed by atoms with Gasteiger partial charge in [0.15, 0.2) is 0 Å². The van der Waals surface area contributed by atoms with E-state index in [4.69, 9.17) is 11.5 Å². The standard InChI is InChI=1S/C14H24N2O3/c1-4-5-6-10-15-13(19)16-11-9-14(2,3)8-7-12(17)18/h1H,5-11H2,2-3H3,(H,17,18)(H2,15,16,19). The number of rotatable bonds is 9. The Kier molecular flexibility index (Phi) is 8.43. The van der Waals surface area contributed by atoms with Crippen LogP contribution >= 0.6 is 0 Å². The van der Waals surface area contributed by atoms with Crippen LogP contribution in [0.3, 0.4) is 0 Å². The first-order valence-electron chi connectivity index (χ1n) is 6.54. The van der Waals surface area contributed by atoms with Crippen LogP contribution in [0.2, 0.25) is 0 Å². The van der Waals surface area contributed by atoms with E-state index in [9.17, 15) is 9.59 Å². The van der Waals surface area contributed by atoms with E-state index < -0.39 is 5.97 Å². The molecule has 2 amide bonds. The maximum atomic E-state index is 11.4. The minimum atomic E-state index is -0.785. The molecular formula is C14H24N2O3. The lowest BCUT2D eigenvalue weighted by molar-refractivity contribution is -0.137. The topological polar surface area (TPSA) is 78.4 Å². The van der Waals surface area contributed by atoms with Crippen molar-refractivity contribution < 1.29 is 14.7 Å². The number of carboxylic acids is 1. The summed E-state index contributed by atoms with van der Waals surface area (Å²) in [6.07, 6.45) is 8.04. The van der Waals surface area contributed by atoms with Gasteiger partial charge in [-0.3, -0.25) is 4.79 Å². The van der Waals surface area contributed by atoms with E-state index in [-0.39, 0.29) is 17.9 Å². The molecule has 0 aromatic heterocycles. The van der Waals surface area contributed by atoms with E-state index in [2.05, 4.69) is 16.6 Å². The van der Waals surface area contributed by atoms with Crippen LogP contribution in [0.15, 0.2) is 0 Å². The maximum absolute atomic E-state index is 11.4. The molecule has 5 heteroatoms. The molecule has 0 radical (unpaired) electrons. The lowest BCUT2D eigenvalue weighted by Gasteiger charge is -2.23. The zero-order valence-corrected chi connectivity index (χ0v) is 11.8. The lowest BCUT2D eigenvalue weighted by atomic mass is 9.84. The molecule has 0 unspecified atom stereocenters. The number of hydrogen-bond acceptors (Lipinski definition) is 2. The Balaban J connectivity index is 3.68. The van der Waals surface area contributed by atoms with Crippen LogP contribution < -0.4 is 10.6 Å². The molecule has 0 aliphatic carbocycles. The molecule has 3 N–H and O–H groups in total. The number of carboxylic acid groups (broad SMARTS) is 1. The molecule has 0 aromatic carbocycles. The van der Waals surface area contributed by atoms with Crippen LogP contribution in [0.25, 0.3) is 0 Å². The van der Waals surface area contributed by atoms with Crippen LogP contribution in [0.5, 0.6) is 0 Å². The van der Waals surface area contributed by atoms with Gasteiger partial charge in [0.2, 0.25) is 0 Å². The molecule has 0 aliphatic rings. The van der Waals surface area contributed by atoms with Crippen LogP contribution in [0.4, 0.5) is 4.79 Å². The smallest absolute Gasteiger partial charge is 0.314 e. The summed E-state index contributed by atoms with van der Waals surface area (Å²) in [5.41, 5.74) is -0.0882. The number of hydrogen-bond donors (Lipinski definition) is 3. The number of carbonyl (C=O) groups is 2. The van der Waals surface area contributed by atoms with Gasteiger partial charge in [0.05, 0.1) is 0 Å². The summed E-state index contributed by atoms with van der Waals surface area (Å²) in [5, 5.41) is 14.1. The van der Waals surface area contributed by atoms with Gasteiger partial charge < -0.3 is 15.7 Å². The normalized spacial score (nSPS) is 10.6. The first-order chi connectivity index (χ1) is 8.87. The summed E-state index contributed by atoms with van der Waals surface area (Å²) in [7, 11) is 0. The summed E-state index contributed by atoms with van der Waals surface area (Å²) in [4.78, 5) is 21.9. The number of terminal acetylenes is 1. The van der Waals surface area contributed by atoms with Gasteiger partial charge in [0.1, 0.15) is 0 Å². The minimum Gasteiger partial charge on any atom is -0.481 e. The molecule has 0 atom stereocenters. The van der Waals surface area contributed by atoms with Crippen molar-refractivity contribution >= 4 is 12.0 Å². The minimum absolute atomic E-state index is 0.0882. The van der Waals surface area contributed by atoms with Crippen LogP contribution in [-0.4, -0.2) is 30.2 Å². The highest BCUT2D eigenvalue weighted by Gasteiger charge is 2.19. The van der Waals surface area contributed by atoms with E-state index in [0.717, 1.165) is 12.8 Å². The second-order valence-electron chi connectivity index (χ2n) is 5.30. The van der Waals surface area contributed by atoms with Crippen molar-refractivity contribution in [3.05, 3.63) is 0 Å². The summed E-state index contributed by atoms with van der Waals surface area (Å²) in [5.74, 6) is 1.72. The fraction of sp³-hybridized carbons (Fsp3) is 0.714. The SMILES string of the molecule is C#CCCCNC(=O)NCCC(C)(C)CCC(=O)O. The summed E-state index contributed by atoms with van der Waals surface area (Å²) in [6, 6.07) is -0.203. The average molecular weight is 268 g/mol. The molecule has 0 rings (SSSR count). The second kappa shape index (κ2) is 9.26. The first kappa shape index (κ1) is 17.3. The van der Waals surface area contributed by atoms with E-state index in [0.29, 0.717) is 25.9 Å². The molecule has 5 nitrogen and oxygen atoms in total. The Hall–Kier alpha value is -1.70. The van der Waals surface area contributed by atoms with Crippen molar-refractivity contribution in [2.45, 2.75) is 46.0 Å². The zero-order valence-electron chi connectivity index (χ0n) is 11.8. The number of amides is 2. The second-order valence-corrected chi connectivity index (χ2v) is 5.30. The van der Waals surface area contributed by atoms with Crippen molar-refractivity contribution in [2.24, 2.45) is 5.41 Å². The lowest BCUT2D eigenvalue weighted by Crippen LogP contribution is -2.37. The van der Waals surface area contributed by atoms with Crippen molar-refractivity contribution in [3.63, 3.8) is 0 Å². The van der Waals surface area contributed by atoms with Crippen LogP contribution in [0, 0.1) is 17.8 Å². The van der Waals surface area contributed by atoms with Crippen molar-refractivity contribution in [3.8, 4) is 12.3 Å². The molecule has 0 saturated heterocycles. The van der Waals surface area contributed by atoms with Gasteiger partial charge in [-0.2, -0.15) is 0 Å². The first-order valence-corrected chi connectivity index (χ1v) is 6.54. The third kappa shape index (κ3) is 11.1. The van der Waals surface area contributed by atoms with E-state index in [1.165, 1.54) is 0 Å². The van der Waals surface area contributed by atoms with Gasteiger partial charge in [0.25, 0.3) is 0 Å². The van der Waals surface area contributed by atoms with Gasteiger partial charge in [-0.05, 0) is 24.7 Å². The molecule has 0 heterocycles. The largest absolute Gasteiger partial charge is 0.481 e. The van der Waals surface area contributed by atoms with Gasteiger partial charge in [-0.15, -0.1) is 12.3 Å². The third-order valence-electron chi connectivity index (χ3n) is 2.89. The van der Waals surface area contributed by atoms with Gasteiger partial charge >= 0.3 is 12.0 Å². The molecule has 0 spiro atoms. The highest BCUT2D eigenvalue weighted by Crippen LogP contribution is 2.25. The highest BCUT2D eigenvalue weighted by molar-refractivity contribution is 5.73. The quantitative estimate of drug-likeness (QED) is 0.442. The molecule has 108 valence electrons. The molecule has 0 fully saturated rings. The number of aliphatic carboxylic acids is 1. The highest BCUT2D eigenvalue weighted by atomic mass is 16.4. The average Bonchev–Trinajstić information content (AvgIpc) is 2.32. The van der Waals surface area contributed by atoms with Crippen molar-refractivity contribution in [2.75, 3.05) is 13.1 Å². The van der Waals surface area contributed by atoms with Crippen molar-refractivity contribution in [1.82, 2.24) is 10.6 Å². The fourth-order valence-corrected chi connectivity index (χ4v) is 1.54. The third-order valence-corrected chi connectivity index (χ3v) is 2.89.